The Balaban J connectivity index is 1.64. The third kappa shape index (κ3) is 5.05. The zero-order chi connectivity index (χ0) is 14.4. The van der Waals surface area contributed by atoms with Crippen molar-refractivity contribution in [3.8, 4) is 5.75 Å². The Hall–Kier alpha value is -0.620. The fraction of sp³-hybridized carbons (Fsp3) is 0.600. The van der Waals surface area contributed by atoms with Crippen LogP contribution in [0.25, 0.3) is 0 Å². The summed E-state index contributed by atoms with van der Waals surface area (Å²) in [5, 5.41) is 13.1. The van der Waals surface area contributed by atoms with Crippen LogP contribution in [0.4, 0.5) is 0 Å². The van der Waals surface area contributed by atoms with Crippen LogP contribution in [-0.2, 0) is 4.74 Å². The molecule has 0 bridgehead atoms. The van der Waals surface area contributed by atoms with E-state index in [4.69, 9.17) is 9.47 Å². The van der Waals surface area contributed by atoms with Crippen molar-refractivity contribution >= 4 is 15.9 Å². The lowest BCUT2D eigenvalue weighted by atomic mass is 10.0. The van der Waals surface area contributed by atoms with Gasteiger partial charge >= 0.3 is 0 Å². The van der Waals surface area contributed by atoms with Gasteiger partial charge in [-0.25, -0.2) is 0 Å². The third-order valence-corrected chi connectivity index (χ3v) is 3.91. The maximum absolute atomic E-state index is 9.90. The number of benzene rings is 1. The van der Waals surface area contributed by atoms with Crippen LogP contribution >= 0.6 is 15.9 Å². The van der Waals surface area contributed by atoms with E-state index in [0.717, 1.165) is 36.2 Å². The smallest absolute Gasteiger partial charge is 0.120 e. The number of nitrogens with one attached hydrogen (secondary N) is 1. The van der Waals surface area contributed by atoms with Gasteiger partial charge in [-0.2, -0.15) is 0 Å². The molecule has 2 N–H and O–H groups in total. The monoisotopic (exact) mass is 343 g/mol. The molecule has 0 saturated carbocycles. The molecule has 0 amide bonds. The molecule has 1 aromatic carbocycles. The van der Waals surface area contributed by atoms with Crippen molar-refractivity contribution in [2.45, 2.75) is 31.5 Å². The first kappa shape index (κ1) is 15.8. The van der Waals surface area contributed by atoms with Crippen molar-refractivity contribution < 1.29 is 14.6 Å². The summed E-state index contributed by atoms with van der Waals surface area (Å²) >= 11 is 3.39. The zero-order valence-corrected chi connectivity index (χ0v) is 13.4. The zero-order valence-electron chi connectivity index (χ0n) is 11.8. The second-order valence-electron chi connectivity index (χ2n) is 5.46. The number of ether oxygens (including phenoxy) is 2. The normalized spacial score (nSPS) is 23.8. The molecule has 4 nitrogen and oxygen atoms in total. The van der Waals surface area contributed by atoms with Crippen molar-refractivity contribution in [2.24, 2.45) is 0 Å². The van der Waals surface area contributed by atoms with Gasteiger partial charge in [0.1, 0.15) is 18.5 Å². The molecular formula is C15H22BrNO3. The number of aliphatic hydroxyl groups is 1. The van der Waals surface area contributed by atoms with E-state index in [1.54, 1.807) is 0 Å². The second kappa shape index (κ2) is 7.41. The molecule has 1 saturated heterocycles. The standard InChI is InChI=1S/C15H22BrNO3/c1-15(6-3-7-20-15)11-17-9-13(18)10-19-14-5-2-4-12(16)8-14/h2,4-5,8,13,17-18H,3,6-7,9-11H2,1H3. The van der Waals surface area contributed by atoms with Crippen molar-refractivity contribution in [1.82, 2.24) is 5.32 Å². The van der Waals surface area contributed by atoms with Gasteiger partial charge in [0.2, 0.25) is 0 Å². The van der Waals surface area contributed by atoms with Gasteiger partial charge in [-0.1, -0.05) is 22.0 Å². The highest BCUT2D eigenvalue weighted by atomic mass is 79.9. The third-order valence-electron chi connectivity index (χ3n) is 3.42. The number of hydrogen-bond donors (Lipinski definition) is 2. The predicted octanol–water partition coefficient (Wildman–Crippen LogP) is 2.35. The Labute approximate surface area is 128 Å². The summed E-state index contributed by atoms with van der Waals surface area (Å²) in [7, 11) is 0. The van der Waals surface area contributed by atoms with Crippen molar-refractivity contribution in [3.05, 3.63) is 28.7 Å². The maximum atomic E-state index is 9.90. The van der Waals surface area contributed by atoms with E-state index >= 15 is 0 Å². The molecule has 1 fully saturated rings. The van der Waals surface area contributed by atoms with E-state index in [2.05, 4.69) is 28.2 Å². The first-order chi connectivity index (χ1) is 9.57. The summed E-state index contributed by atoms with van der Waals surface area (Å²) in [5.41, 5.74) is -0.0785. The highest BCUT2D eigenvalue weighted by Crippen LogP contribution is 2.23. The molecular weight excluding hydrogens is 322 g/mol. The molecule has 1 aromatic rings. The van der Waals surface area contributed by atoms with Gasteiger partial charge in [0.25, 0.3) is 0 Å². The lowest BCUT2D eigenvalue weighted by Gasteiger charge is -2.24. The van der Waals surface area contributed by atoms with Crippen molar-refractivity contribution in [1.29, 1.82) is 0 Å². The predicted molar refractivity (Wildman–Crippen MR) is 82.1 cm³/mol. The number of rotatable bonds is 7. The maximum Gasteiger partial charge on any atom is 0.120 e. The minimum atomic E-state index is -0.529. The van der Waals surface area contributed by atoms with E-state index < -0.39 is 6.10 Å². The topological polar surface area (TPSA) is 50.7 Å². The van der Waals surface area contributed by atoms with Gasteiger partial charge in [-0.15, -0.1) is 0 Å². The number of halogens is 1. The molecule has 0 radical (unpaired) electrons. The molecule has 2 unspecified atom stereocenters. The van der Waals surface area contributed by atoms with Crippen LogP contribution in [-0.4, -0.2) is 43.1 Å². The van der Waals surface area contributed by atoms with E-state index in [9.17, 15) is 5.11 Å². The highest BCUT2D eigenvalue weighted by molar-refractivity contribution is 9.10. The average Bonchev–Trinajstić information content (AvgIpc) is 2.83. The SMILES string of the molecule is CC1(CNCC(O)COc2cccc(Br)c2)CCCO1. The lowest BCUT2D eigenvalue weighted by Crippen LogP contribution is -2.41. The van der Waals surface area contributed by atoms with Crippen molar-refractivity contribution in [2.75, 3.05) is 26.3 Å². The fourth-order valence-electron chi connectivity index (χ4n) is 2.29. The lowest BCUT2D eigenvalue weighted by molar-refractivity contribution is 0.0170. The van der Waals surface area contributed by atoms with Crippen molar-refractivity contribution in [3.63, 3.8) is 0 Å². The summed E-state index contributed by atoms with van der Waals surface area (Å²) < 4.78 is 12.2. The summed E-state index contributed by atoms with van der Waals surface area (Å²) in [5.74, 6) is 0.754. The van der Waals surface area contributed by atoms with Crippen LogP contribution in [0.3, 0.4) is 0 Å². The molecule has 1 aliphatic rings. The largest absolute Gasteiger partial charge is 0.491 e. The summed E-state index contributed by atoms with van der Waals surface area (Å²) in [4.78, 5) is 0. The number of hydrogen-bond acceptors (Lipinski definition) is 4. The van der Waals surface area contributed by atoms with Crippen LogP contribution in [0.5, 0.6) is 5.75 Å². The van der Waals surface area contributed by atoms with E-state index in [1.807, 2.05) is 24.3 Å². The van der Waals surface area contributed by atoms with Gasteiger partial charge < -0.3 is 19.9 Å². The highest BCUT2D eigenvalue weighted by Gasteiger charge is 2.29. The molecule has 1 aliphatic heterocycles. The minimum Gasteiger partial charge on any atom is -0.491 e. The van der Waals surface area contributed by atoms with Crippen LogP contribution in [0.15, 0.2) is 28.7 Å². The number of aliphatic hydroxyl groups excluding tert-OH is 1. The molecule has 0 aromatic heterocycles. The average molecular weight is 344 g/mol. The Bertz CT molecular complexity index is 421. The van der Waals surface area contributed by atoms with Gasteiger partial charge in [0, 0.05) is 24.2 Å². The first-order valence-electron chi connectivity index (χ1n) is 6.98. The molecule has 1 heterocycles. The molecule has 2 atom stereocenters. The van der Waals surface area contributed by atoms with Crippen LogP contribution < -0.4 is 10.1 Å². The molecule has 112 valence electrons. The molecule has 0 spiro atoms. The quantitative estimate of drug-likeness (QED) is 0.797. The molecule has 20 heavy (non-hydrogen) atoms. The minimum absolute atomic E-state index is 0.0785. The molecule has 5 heteroatoms. The van der Waals surface area contributed by atoms with Gasteiger partial charge in [0.05, 0.1) is 5.60 Å². The van der Waals surface area contributed by atoms with Crippen LogP contribution in [0.1, 0.15) is 19.8 Å². The summed E-state index contributed by atoms with van der Waals surface area (Å²) in [6.07, 6.45) is 1.66. The summed E-state index contributed by atoms with van der Waals surface area (Å²) in [6.45, 7) is 4.50. The first-order valence-corrected chi connectivity index (χ1v) is 7.78. The van der Waals surface area contributed by atoms with E-state index in [0.29, 0.717) is 6.54 Å². The Kier molecular flexibility index (Phi) is 5.84. The second-order valence-corrected chi connectivity index (χ2v) is 6.37. The van der Waals surface area contributed by atoms with Crippen LogP contribution in [0.2, 0.25) is 0 Å². The Morgan fingerprint density at radius 1 is 1.55 bits per heavy atom. The van der Waals surface area contributed by atoms with Crippen LogP contribution in [0, 0.1) is 0 Å². The van der Waals surface area contributed by atoms with E-state index in [-0.39, 0.29) is 12.2 Å². The molecule has 2 rings (SSSR count). The van der Waals surface area contributed by atoms with E-state index in [1.165, 1.54) is 0 Å². The molecule has 0 aliphatic carbocycles. The summed E-state index contributed by atoms with van der Waals surface area (Å²) in [6, 6.07) is 7.60. The van der Waals surface area contributed by atoms with Gasteiger partial charge in [-0.05, 0) is 38.0 Å². The Morgan fingerprint density at radius 2 is 2.40 bits per heavy atom. The Morgan fingerprint density at radius 3 is 3.10 bits per heavy atom. The van der Waals surface area contributed by atoms with Gasteiger partial charge in [0.15, 0.2) is 0 Å². The van der Waals surface area contributed by atoms with Gasteiger partial charge in [-0.3, -0.25) is 0 Å². The fourth-order valence-corrected chi connectivity index (χ4v) is 2.67.